The van der Waals surface area contributed by atoms with E-state index in [1.165, 1.54) is 18.3 Å². The van der Waals surface area contributed by atoms with Crippen LogP contribution in [-0.2, 0) is 9.53 Å². The molecule has 1 aromatic heterocycles. The molecule has 0 bridgehead atoms. The molecule has 0 saturated carbocycles. The van der Waals surface area contributed by atoms with E-state index in [0.717, 1.165) is 10.4 Å². The lowest BCUT2D eigenvalue weighted by atomic mass is 10.2. The zero-order valence-electron chi connectivity index (χ0n) is 14.8. The largest absolute Gasteiger partial charge is 0.448 e. The van der Waals surface area contributed by atoms with Gasteiger partial charge in [-0.3, -0.25) is 4.79 Å². The molecule has 0 spiro atoms. The van der Waals surface area contributed by atoms with Crippen LogP contribution in [0.4, 0.5) is 5.69 Å². The van der Waals surface area contributed by atoms with E-state index in [9.17, 15) is 9.59 Å². The fraction of sp³-hybridized carbons (Fsp3) is 0.0952. The summed E-state index contributed by atoms with van der Waals surface area (Å²) in [5.41, 5.74) is 1.65. The predicted molar refractivity (Wildman–Crippen MR) is 109 cm³/mol. The molecule has 0 aliphatic rings. The number of carbonyl (C=O) groups is 2. The van der Waals surface area contributed by atoms with E-state index in [-0.39, 0.29) is 0 Å². The Balaban J connectivity index is 1.65. The van der Waals surface area contributed by atoms with Gasteiger partial charge < -0.3 is 10.1 Å². The van der Waals surface area contributed by atoms with Crippen molar-refractivity contribution in [3.8, 4) is 16.5 Å². The van der Waals surface area contributed by atoms with Crippen LogP contribution in [0.5, 0.6) is 0 Å². The molecule has 0 aliphatic carbocycles. The summed E-state index contributed by atoms with van der Waals surface area (Å²) in [5.74, 6) is -1.09. The van der Waals surface area contributed by atoms with Crippen LogP contribution >= 0.6 is 22.9 Å². The maximum absolute atomic E-state index is 12.4. The van der Waals surface area contributed by atoms with Gasteiger partial charge in [-0.15, -0.1) is 11.3 Å². The number of amides is 1. The zero-order valence-corrected chi connectivity index (χ0v) is 16.4. The topological polar surface area (TPSA) is 79.2 Å². The van der Waals surface area contributed by atoms with Gasteiger partial charge in [0.05, 0.1) is 11.3 Å². The van der Waals surface area contributed by atoms with E-state index in [1.54, 1.807) is 42.5 Å². The first-order valence-corrected chi connectivity index (χ1v) is 9.54. The summed E-state index contributed by atoms with van der Waals surface area (Å²) >= 11 is 7.16. The minimum atomic E-state index is -1.01. The van der Waals surface area contributed by atoms with Gasteiger partial charge in [0, 0.05) is 9.90 Å². The number of hydrogen-bond donors (Lipinski definition) is 1. The number of para-hydroxylation sites is 1. The molecule has 5 nitrogen and oxygen atoms in total. The summed E-state index contributed by atoms with van der Waals surface area (Å²) in [6.07, 6.45) is -1.01. The molecule has 1 N–H and O–H groups in total. The normalized spacial score (nSPS) is 11.3. The maximum atomic E-state index is 12.4. The Hall–Kier alpha value is -3.14. The highest BCUT2D eigenvalue weighted by atomic mass is 35.5. The van der Waals surface area contributed by atoms with Gasteiger partial charge in [-0.2, -0.15) is 5.26 Å². The van der Waals surface area contributed by atoms with Gasteiger partial charge in [-0.05, 0) is 48.9 Å². The van der Waals surface area contributed by atoms with Crippen LogP contribution in [0.15, 0.2) is 60.7 Å². The Kier molecular flexibility index (Phi) is 6.09. The van der Waals surface area contributed by atoms with Crippen LogP contribution in [-0.4, -0.2) is 18.0 Å². The Morgan fingerprint density at radius 2 is 1.82 bits per heavy atom. The van der Waals surface area contributed by atoms with Gasteiger partial charge in [0.1, 0.15) is 10.9 Å². The van der Waals surface area contributed by atoms with E-state index >= 15 is 0 Å². The van der Waals surface area contributed by atoms with Crippen molar-refractivity contribution in [3.05, 3.63) is 76.1 Å². The average molecular weight is 411 g/mol. The first-order valence-electron chi connectivity index (χ1n) is 8.34. The molecular formula is C21H15ClN2O3S. The highest BCUT2D eigenvalue weighted by molar-refractivity contribution is 7.17. The summed E-state index contributed by atoms with van der Waals surface area (Å²) in [6.45, 7) is 1.48. The van der Waals surface area contributed by atoms with E-state index in [1.807, 2.05) is 24.3 Å². The van der Waals surface area contributed by atoms with Crippen LogP contribution in [0.3, 0.4) is 0 Å². The van der Waals surface area contributed by atoms with E-state index < -0.39 is 18.0 Å². The Bertz CT molecular complexity index is 1050. The van der Waals surface area contributed by atoms with Crippen molar-refractivity contribution >= 4 is 40.5 Å². The van der Waals surface area contributed by atoms with Crippen molar-refractivity contribution < 1.29 is 14.3 Å². The van der Waals surface area contributed by atoms with Crippen molar-refractivity contribution in [2.45, 2.75) is 13.0 Å². The number of halogens is 1. The van der Waals surface area contributed by atoms with Gasteiger partial charge in [-0.25, -0.2) is 4.79 Å². The summed E-state index contributed by atoms with van der Waals surface area (Å²) in [6, 6.07) is 19.4. The fourth-order valence-electron chi connectivity index (χ4n) is 2.41. The van der Waals surface area contributed by atoms with Crippen molar-refractivity contribution in [2.24, 2.45) is 0 Å². The highest BCUT2D eigenvalue weighted by Crippen LogP contribution is 2.29. The molecule has 7 heteroatoms. The zero-order chi connectivity index (χ0) is 20.1. The Morgan fingerprint density at radius 1 is 1.11 bits per heavy atom. The monoisotopic (exact) mass is 410 g/mol. The third kappa shape index (κ3) is 4.58. The second-order valence-electron chi connectivity index (χ2n) is 5.86. The third-order valence-corrected chi connectivity index (χ3v) is 5.26. The molecule has 0 fully saturated rings. The van der Waals surface area contributed by atoms with Gasteiger partial charge in [-0.1, -0.05) is 35.9 Å². The first-order chi connectivity index (χ1) is 13.5. The molecule has 1 atom stereocenters. The molecule has 2 aromatic carbocycles. The molecule has 0 unspecified atom stereocenters. The standard InChI is InChI=1S/C21H15ClN2O3S/c1-13(20(25)24-17-5-3-2-4-15(17)12-23)27-21(26)19-11-10-18(28-19)14-6-8-16(22)9-7-14/h2-11,13H,1H3,(H,24,25)/t13-/m0/s1. The number of hydrogen-bond acceptors (Lipinski definition) is 5. The summed E-state index contributed by atoms with van der Waals surface area (Å²) in [4.78, 5) is 26.0. The van der Waals surface area contributed by atoms with Crippen LogP contribution in [0, 0.1) is 11.3 Å². The highest BCUT2D eigenvalue weighted by Gasteiger charge is 2.21. The maximum Gasteiger partial charge on any atom is 0.349 e. The van der Waals surface area contributed by atoms with Crippen LogP contribution < -0.4 is 5.32 Å². The van der Waals surface area contributed by atoms with Gasteiger partial charge in [0.2, 0.25) is 0 Å². The van der Waals surface area contributed by atoms with E-state index in [2.05, 4.69) is 5.32 Å². The molecule has 3 aromatic rings. The van der Waals surface area contributed by atoms with Crippen molar-refractivity contribution in [3.63, 3.8) is 0 Å². The summed E-state index contributed by atoms with van der Waals surface area (Å²) in [5, 5.41) is 12.3. The molecule has 0 radical (unpaired) electrons. The number of benzene rings is 2. The number of rotatable bonds is 5. The average Bonchev–Trinajstić information content (AvgIpc) is 3.19. The number of esters is 1. The molecule has 28 heavy (non-hydrogen) atoms. The molecule has 1 amide bonds. The van der Waals surface area contributed by atoms with Crippen LogP contribution in [0.1, 0.15) is 22.2 Å². The number of anilines is 1. The van der Waals surface area contributed by atoms with Crippen LogP contribution in [0.25, 0.3) is 10.4 Å². The van der Waals surface area contributed by atoms with Gasteiger partial charge >= 0.3 is 5.97 Å². The number of nitrogens with zero attached hydrogens (tertiary/aromatic N) is 1. The molecule has 1 heterocycles. The SMILES string of the molecule is C[C@H](OC(=O)c1ccc(-c2ccc(Cl)cc2)s1)C(=O)Nc1ccccc1C#N. The fourth-order valence-corrected chi connectivity index (χ4v) is 3.43. The predicted octanol–water partition coefficient (Wildman–Crippen LogP) is 5.12. The number of ether oxygens (including phenoxy) is 1. The Morgan fingerprint density at radius 3 is 2.54 bits per heavy atom. The third-order valence-electron chi connectivity index (χ3n) is 3.89. The van der Waals surface area contributed by atoms with Crippen molar-refractivity contribution in [1.82, 2.24) is 0 Å². The summed E-state index contributed by atoms with van der Waals surface area (Å²) in [7, 11) is 0. The van der Waals surface area contributed by atoms with Gasteiger partial charge in [0.15, 0.2) is 6.10 Å². The number of nitrogens with one attached hydrogen (secondary N) is 1. The molecule has 3 rings (SSSR count). The number of carbonyl (C=O) groups excluding carboxylic acids is 2. The molecular weight excluding hydrogens is 396 g/mol. The Labute approximate surface area is 171 Å². The minimum absolute atomic E-state index is 0.334. The molecule has 0 aliphatic heterocycles. The van der Waals surface area contributed by atoms with E-state index in [4.69, 9.17) is 21.6 Å². The first kappa shape index (κ1) is 19.6. The van der Waals surface area contributed by atoms with Crippen molar-refractivity contribution in [1.29, 1.82) is 5.26 Å². The second-order valence-corrected chi connectivity index (χ2v) is 7.39. The molecule has 0 saturated heterocycles. The molecule has 140 valence electrons. The van der Waals surface area contributed by atoms with Crippen molar-refractivity contribution in [2.75, 3.05) is 5.32 Å². The second kappa shape index (κ2) is 8.70. The lowest BCUT2D eigenvalue weighted by molar-refractivity contribution is -0.123. The number of thiophene rings is 1. The lowest BCUT2D eigenvalue weighted by Gasteiger charge is -2.13. The minimum Gasteiger partial charge on any atom is -0.448 e. The van der Waals surface area contributed by atoms with Crippen LogP contribution in [0.2, 0.25) is 5.02 Å². The smallest absolute Gasteiger partial charge is 0.349 e. The van der Waals surface area contributed by atoms with Gasteiger partial charge in [0.25, 0.3) is 5.91 Å². The summed E-state index contributed by atoms with van der Waals surface area (Å²) < 4.78 is 5.27. The quantitative estimate of drug-likeness (QED) is 0.592. The lowest BCUT2D eigenvalue weighted by Crippen LogP contribution is -2.30. The van der Waals surface area contributed by atoms with E-state index in [0.29, 0.717) is 21.2 Å². The number of nitriles is 1.